The second kappa shape index (κ2) is 3.88. The fraction of sp³-hybridized carbons (Fsp3) is 0.889. The molecule has 1 saturated heterocycles. The molecule has 13 heavy (non-hydrogen) atoms. The van der Waals surface area contributed by atoms with Gasteiger partial charge in [0.2, 0.25) is 0 Å². The van der Waals surface area contributed by atoms with Crippen molar-refractivity contribution in [3.8, 4) is 0 Å². The third kappa shape index (κ3) is 2.88. The highest BCUT2D eigenvalue weighted by molar-refractivity contribution is 7.99. The van der Waals surface area contributed by atoms with Gasteiger partial charge in [-0.15, -0.1) is 0 Å². The van der Waals surface area contributed by atoms with Crippen LogP contribution in [0.5, 0.6) is 0 Å². The Bertz CT molecular complexity index is 198. The summed E-state index contributed by atoms with van der Waals surface area (Å²) < 4.78 is 5.18. The van der Waals surface area contributed by atoms with Crippen molar-refractivity contribution in [1.82, 2.24) is 0 Å². The Morgan fingerprint density at radius 1 is 1.46 bits per heavy atom. The summed E-state index contributed by atoms with van der Waals surface area (Å²) in [6.45, 7) is 5.43. The van der Waals surface area contributed by atoms with Crippen LogP contribution >= 0.6 is 11.8 Å². The van der Waals surface area contributed by atoms with Crippen LogP contribution in [-0.2, 0) is 9.53 Å². The standard InChI is InChI=1S/C9H16O3S/c1-9(2,3)8(11)12-7-5-13-4-6(7)10/h6-7,10H,4-5H2,1-3H3. The number of aliphatic hydroxyl groups is 1. The van der Waals surface area contributed by atoms with Gasteiger partial charge in [0, 0.05) is 11.5 Å². The predicted octanol–water partition coefficient (Wildman–Crippen LogP) is 1.05. The van der Waals surface area contributed by atoms with Crippen LogP contribution in [0.2, 0.25) is 0 Å². The number of esters is 1. The van der Waals surface area contributed by atoms with Crippen molar-refractivity contribution in [3.63, 3.8) is 0 Å². The highest BCUT2D eigenvalue weighted by Crippen LogP contribution is 2.24. The van der Waals surface area contributed by atoms with E-state index in [0.717, 1.165) is 0 Å². The summed E-state index contributed by atoms with van der Waals surface area (Å²) in [5, 5.41) is 9.41. The molecule has 2 atom stereocenters. The van der Waals surface area contributed by atoms with Crippen LogP contribution in [-0.4, -0.2) is 34.8 Å². The molecular formula is C9H16O3S. The molecule has 3 nitrogen and oxygen atoms in total. The lowest BCUT2D eigenvalue weighted by molar-refractivity contribution is -0.161. The summed E-state index contributed by atoms with van der Waals surface area (Å²) in [7, 11) is 0. The Hall–Kier alpha value is -0.220. The van der Waals surface area contributed by atoms with Crippen molar-refractivity contribution in [3.05, 3.63) is 0 Å². The third-order valence-corrected chi connectivity index (χ3v) is 3.01. The van der Waals surface area contributed by atoms with E-state index < -0.39 is 11.5 Å². The molecule has 0 aliphatic carbocycles. The monoisotopic (exact) mass is 204 g/mol. The lowest BCUT2D eigenvalue weighted by Gasteiger charge is -2.21. The zero-order valence-electron chi connectivity index (χ0n) is 8.24. The lowest BCUT2D eigenvalue weighted by Crippen LogP contribution is -2.34. The van der Waals surface area contributed by atoms with Gasteiger partial charge in [-0.3, -0.25) is 4.79 Å². The van der Waals surface area contributed by atoms with Crippen molar-refractivity contribution >= 4 is 17.7 Å². The SMILES string of the molecule is CC(C)(C)C(=O)OC1CSCC1O. The normalized spacial score (nSPS) is 28.9. The molecule has 0 aromatic rings. The van der Waals surface area contributed by atoms with Crippen LogP contribution in [0, 0.1) is 5.41 Å². The van der Waals surface area contributed by atoms with Crippen LogP contribution in [0.3, 0.4) is 0 Å². The number of rotatable bonds is 1. The molecule has 0 aromatic heterocycles. The minimum absolute atomic E-state index is 0.237. The zero-order valence-corrected chi connectivity index (χ0v) is 9.06. The molecule has 2 unspecified atom stereocenters. The molecular weight excluding hydrogens is 188 g/mol. The number of ether oxygens (including phenoxy) is 1. The Kier molecular flexibility index (Phi) is 3.24. The van der Waals surface area contributed by atoms with Gasteiger partial charge in [0.25, 0.3) is 0 Å². The lowest BCUT2D eigenvalue weighted by atomic mass is 9.97. The number of thioether (sulfide) groups is 1. The average Bonchev–Trinajstić information content (AvgIpc) is 2.34. The van der Waals surface area contributed by atoms with Gasteiger partial charge in [0.1, 0.15) is 12.2 Å². The third-order valence-electron chi connectivity index (χ3n) is 1.87. The summed E-state index contributed by atoms with van der Waals surface area (Å²) in [5.74, 6) is 1.14. The zero-order chi connectivity index (χ0) is 10.1. The molecule has 0 spiro atoms. The molecule has 0 aromatic carbocycles. The van der Waals surface area contributed by atoms with Crippen molar-refractivity contribution in [2.45, 2.75) is 33.0 Å². The van der Waals surface area contributed by atoms with E-state index in [-0.39, 0.29) is 12.1 Å². The highest BCUT2D eigenvalue weighted by Gasteiger charge is 2.33. The maximum Gasteiger partial charge on any atom is 0.311 e. The minimum Gasteiger partial charge on any atom is -0.458 e. The van der Waals surface area contributed by atoms with Gasteiger partial charge >= 0.3 is 5.97 Å². The van der Waals surface area contributed by atoms with Gasteiger partial charge < -0.3 is 9.84 Å². The summed E-state index contributed by atoms with van der Waals surface area (Å²) >= 11 is 1.62. The molecule has 4 heteroatoms. The Morgan fingerprint density at radius 3 is 2.46 bits per heavy atom. The highest BCUT2D eigenvalue weighted by atomic mass is 32.2. The second-order valence-electron chi connectivity index (χ2n) is 4.30. The number of carbonyl (C=O) groups excluding carboxylic acids is 1. The molecule has 1 N–H and O–H groups in total. The summed E-state index contributed by atoms with van der Waals surface area (Å²) in [4.78, 5) is 11.4. The number of carbonyl (C=O) groups is 1. The number of aliphatic hydroxyl groups excluding tert-OH is 1. The fourth-order valence-corrected chi connectivity index (χ4v) is 2.06. The van der Waals surface area contributed by atoms with E-state index in [0.29, 0.717) is 11.5 Å². The molecule has 1 aliphatic rings. The van der Waals surface area contributed by atoms with E-state index in [9.17, 15) is 9.90 Å². The van der Waals surface area contributed by atoms with Crippen LogP contribution in [0.25, 0.3) is 0 Å². The molecule has 76 valence electrons. The van der Waals surface area contributed by atoms with Crippen LogP contribution in [0.15, 0.2) is 0 Å². The Labute approximate surface area is 82.8 Å². The topological polar surface area (TPSA) is 46.5 Å². The Balaban J connectivity index is 2.45. The molecule has 1 rings (SSSR count). The van der Waals surface area contributed by atoms with Gasteiger partial charge in [0.15, 0.2) is 0 Å². The first-order valence-electron chi connectivity index (χ1n) is 4.38. The van der Waals surface area contributed by atoms with Crippen molar-refractivity contribution < 1.29 is 14.6 Å². The summed E-state index contributed by atoms with van der Waals surface area (Å²) in [6.07, 6.45) is -0.798. The van der Waals surface area contributed by atoms with E-state index in [1.807, 2.05) is 20.8 Å². The van der Waals surface area contributed by atoms with Crippen LogP contribution in [0.4, 0.5) is 0 Å². The first-order chi connectivity index (χ1) is 5.91. The van der Waals surface area contributed by atoms with Crippen molar-refractivity contribution in [2.75, 3.05) is 11.5 Å². The van der Waals surface area contributed by atoms with E-state index in [1.54, 1.807) is 11.8 Å². The largest absolute Gasteiger partial charge is 0.458 e. The van der Waals surface area contributed by atoms with Crippen LogP contribution in [0.1, 0.15) is 20.8 Å². The molecule has 0 amide bonds. The maximum absolute atomic E-state index is 11.4. The van der Waals surface area contributed by atoms with Gasteiger partial charge in [-0.1, -0.05) is 0 Å². The summed E-state index contributed by atoms with van der Waals surface area (Å²) in [5.41, 5.74) is -0.479. The van der Waals surface area contributed by atoms with Crippen molar-refractivity contribution in [1.29, 1.82) is 0 Å². The van der Waals surface area contributed by atoms with Crippen molar-refractivity contribution in [2.24, 2.45) is 5.41 Å². The number of hydrogen-bond donors (Lipinski definition) is 1. The van der Waals surface area contributed by atoms with E-state index in [2.05, 4.69) is 0 Å². The Morgan fingerprint density at radius 2 is 2.08 bits per heavy atom. The maximum atomic E-state index is 11.4. The van der Waals surface area contributed by atoms with E-state index in [1.165, 1.54) is 0 Å². The molecule has 1 heterocycles. The van der Waals surface area contributed by atoms with Gasteiger partial charge in [-0.25, -0.2) is 0 Å². The second-order valence-corrected chi connectivity index (χ2v) is 5.37. The summed E-state index contributed by atoms with van der Waals surface area (Å²) in [6, 6.07) is 0. The molecule has 1 fully saturated rings. The van der Waals surface area contributed by atoms with E-state index in [4.69, 9.17) is 4.74 Å². The molecule has 0 saturated carbocycles. The molecule has 0 bridgehead atoms. The van der Waals surface area contributed by atoms with Gasteiger partial charge in [0.05, 0.1) is 5.41 Å². The fourth-order valence-electron chi connectivity index (χ4n) is 0.950. The quantitative estimate of drug-likeness (QED) is 0.649. The molecule has 1 aliphatic heterocycles. The first kappa shape index (κ1) is 10.9. The minimum atomic E-state index is -0.490. The van der Waals surface area contributed by atoms with Gasteiger partial charge in [-0.05, 0) is 20.8 Å². The van der Waals surface area contributed by atoms with E-state index >= 15 is 0 Å². The molecule has 0 radical (unpaired) electrons. The average molecular weight is 204 g/mol. The van der Waals surface area contributed by atoms with Gasteiger partial charge in [-0.2, -0.15) is 11.8 Å². The smallest absolute Gasteiger partial charge is 0.311 e. The first-order valence-corrected chi connectivity index (χ1v) is 5.53. The van der Waals surface area contributed by atoms with Crippen LogP contribution < -0.4 is 0 Å². The predicted molar refractivity (Wildman–Crippen MR) is 52.7 cm³/mol. The number of hydrogen-bond acceptors (Lipinski definition) is 4.